The number of halogens is 1. The van der Waals surface area contributed by atoms with Crippen molar-refractivity contribution in [3.05, 3.63) is 28.0 Å². The van der Waals surface area contributed by atoms with Crippen LogP contribution in [0.25, 0.3) is 0 Å². The molecule has 0 aromatic carbocycles. The molecule has 0 unspecified atom stereocenters. The third-order valence-electron chi connectivity index (χ3n) is 1.54. The lowest BCUT2D eigenvalue weighted by atomic mass is 10.2. The van der Waals surface area contributed by atoms with E-state index in [1.54, 1.807) is 0 Å². The Hall–Kier alpha value is -0.900. The minimum absolute atomic E-state index is 0.250. The van der Waals surface area contributed by atoms with E-state index in [2.05, 4.69) is 33.9 Å². The number of rotatable bonds is 1. The quantitative estimate of drug-likeness (QED) is 0.631. The zero-order valence-electron chi connectivity index (χ0n) is 9.62. The van der Waals surface area contributed by atoms with E-state index < -0.39 is 0 Å². The van der Waals surface area contributed by atoms with Crippen molar-refractivity contribution in [3.8, 4) is 0 Å². The van der Waals surface area contributed by atoms with Gasteiger partial charge < -0.3 is 5.11 Å². The zero-order valence-corrected chi connectivity index (χ0v) is 11.2. The van der Waals surface area contributed by atoms with Crippen LogP contribution in [0.3, 0.4) is 0 Å². The van der Waals surface area contributed by atoms with Gasteiger partial charge in [-0.1, -0.05) is 26.8 Å². The third kappa shape index (κ3) is 8.12. The highest BCUT2D eigenvalue weighted by atomic mass is 79.9. The summed E-state index contributed by atoms with van der Waals surface area (Å²) in [6.45, 7) is 7.92. The number of hydrogen-bond acceptors (Lipinski definition) is 2. The zero-order chi connectivity index (χ0) is 12.3. The average Bonchev–Trinajstić information content (AvgIpc) is 2.22. The van der Waals surface area contributed by atoms with Gasteiger partial charge in [0.1, 0.15) is 4.60 Å². The summed E-state index contributed by atoms with van der Waals surface area (Å²) in [4.78, 5) is 12.6. The van der Waals surface area contributed by atoms with Gasteiger partial charge in [0.2, 0.25) is 0 Å². The van der Waals surface area contributed by atoms with Crippen LogP contribution < -0.4 is 0 Å². The molecule has 0 saturated carbocycles. The minimum atomic E-state index is -0.250. The lowest BCUT2D eigenvalue weighted by Gasteiger charge is -2.00. The summed E-state index contributed by atoms with van der Waals surface area (Å²) < 4.78 is 0.919. The number of carbonyl (C=O) groups is 1. The van der Waals surface area contributed by atoms with Crippen molar-refractivity contribution in [1.82, 2.24) is 4.98 Å². The SMILES string of the molecule is CC.CCc1ccc(Br)nc1C.O=CO. The first-order chi connectivity index (χ1) is 7.15. The second kappa shape index (κ2) is 11.2. The molecule has 0 aliphatic heterocycles. The molecule has 0 fully saturated rings. The third-order valence-corrected chi connectivity index (χ3v) is 1.98. The summed E-state index contributed by atoms with van der Waals surface area (Å²) in [5.74, 6) is 0. The molecule has 86 valence electrons. The molecule has 1 aromatic heterocycles. The second-order valence-electron chi connectivity index (χ2n) is 2.34. The number of nitrogens with zero attached hydrogens (tertiary/aromatic N) is 1. The molecule has 4 heteroatoms. The number of aromatic nitrogens is 1. The van der Waals surface area contributed by atoms with Crippen molar-refractivity contribution >= 4 is 22.4 Å². The Morgan fingerprint density at radius 2 is 1.93 bits per heavy atom. The molecule has 0 aliphatic rings. The van der Waals surface area contributed by atoms with E-state index in [1.807, 2.05) is 26.8 Å². The fraction of sp³-hybridized carbons (Fsp3) is 0.455. The predicted octanol–water partition coefficient (Wildman–Crippen LogP) is 3.44. The minimum Gasteiger partial charge on any atom is -0.483 e. The molecule has 1 rings (SSSR count). The van der Waals surface area contributed by atoms with Gasteiger partial charge in [-0.15, -0.1) is 0 Å². The van der Waals surface area contributed by atoms with Gasteiger partial charge in [-0.25, -0.2) is 4.98 Å². The van der Waals surface area contributed by atoms with Crippen LogP contribution in [0.2, 0.25) is 0 Å². The van der Waals surface area contributed by atoms with Gasteiger partial charge in [-0.05, 0) is 40.9 Å². The molecule has 0 bridgehead atoms. The van der Waals surface area contributed by atoms with E-state index >= 15 is 0 Å². The summed E-state index contributed by atoms with van der Waals surface area (Å²) in [5.41, 5.74) is 2.44. The van der Waals surface area contributed by atoms with Crippen LogP contribution in [0.1, 0.15) is 32.0 Å². The van der Waals surface area contributed by atoms with Crippen LogP contribution >= 0.6 is 15.9 Å². The van der Waals surface area contributed by atoms with Gasteiger partial charge in [0, 0.05) is 5.69 Å². The molecule has 0 radical (unpaired) electrons. The van der Waals surface area contributed by atoms with Crippen LogP contribution in [0.5, 0.6) is 0 Å². The highest BCUT2D eigenvalue weighted by Gasteiger charge is 1.95. The molecule has 1 N–H and O–H groups in total. The Morgan fingerprint density at radius 1 is 1.47 bits per heavy atom. The summed E-state index contributed by atoms with van der Waals surface area (Å²) in [6.07, 6.45) is 1.06. The van der Waals surface area contributed by atoms with Gasteiger partial charge in [-0.2, -0.15) is 0 Å². The lowest BCUT2D eigenvalue weighted by Crippen LogP contribution is -1.89. The van der Waals surface area contributed by atoms with E-state index in [9.17, 15) is 0 Å². The largest absolute Gasteiger partial charge is 0.483 e. The van der Waals surface area contributed by atoms with Gasteiger partial charge in [0.05, 0.1) is 0 Å². The van der Waals surface area contributed by atoms with Crippen molar-refractivity contribution in [1.29, 1.82) is 0 Å². The van der Waals surface area contributed by atoms with Crippen molar-refractivity contribution in [2.75, 3.05) is 0 Å². The Morgan fingerprint density at radius 3 is 2.27 bits per heavy atom. The number of carboxylic acid groups (broad SMARTS) is 1. The van der Waals surface area contributed by atoms with E-state index in [0.29, 0.717) is 0 Å². The molecular weight excluding hydrogens is 258 g/mol. The van der Waals surface area contributed by atoms with Crippen molar-refractivity contribution < 1.29 is 9.90 Å². The molecule has 0 aliphatic carbocycles. The second-order valence-corrected chi connectivity index (χ2v) is 3.15. The maximum atomic E-state index is 8.36. The van der Waals surface area contributed by atoms with Gasteiger partial charge in [0.25, 0.3) is 6.47 Å². The first kappa shape index (κ1) is 16.5. The highest BCUT2D eigenvalue weighted by molar-refractivity contribution is 9.10. The molecule has 3 nitrogen and oxygen atoms in total. The molecule has 0 atom stereocenters. The van der Waals surface area contributed by atoms with Crippen molar-refractivity contribution in [2.45, 2.75) is 34.1 Å². The van der Waals surface area contributed by atoms with Crippen LogP contribution in [-0.2, 0) is 11.2 Å². The molecule has 1 heterocycles. The van der Waals surface area contributed by atoms with Crippen LogP contribution in [0, 0.1) is 6.92 Å². The fourth-order valence-corrected chi connectivity index (χ4v) is 1.33. The standard InChI is InChI=1S/C8H10BrN.C2H6.CH2O2/c1-3-7-4-5-8(9)10-6(7)2;1-2;2-1-3/h4-5H,3H2,1-2H3;1-2H3;1H,(H,2,3). The fourth-order valence-electron chi connectivity index (χ4n) is 0.933. The number of pyridine rings is 1. The normalized spacial score (nSPS) is 7.80. The van der Waals surface area contributed by atoms with E-state index in [0.717, 1.165) is 16.7 Å². The first-order valence-corrected chi connectivity index (χ1v) is 5.64. The highest BCUT2D eigenvalue weighted by Crippen LogP contribution is 2.11. The average molecular weight is 276 g/mol. The van der Waals surface area contributed by atoms with Crippen molar-refractivity contribution in [3.63, 3.8) is 0 Å². The van der Waals surface area contributed by atoms with E-state index in [4.69, 9.17) is 9.90 Å². The van der Waals surface area contributed by atoms with E-state index in [1.165, 1.54) is 5.56 Å². The lowest BCUT2D eigenvalue weighted by molar-refractivity contribution is -0.122. The molecule has 1 aromatic rings. The predicted molar refractivity (Wildman–Crippen MR) is 66.1 cm³/mol. The summed E-state index contributed by atoms with van der Waals surface area (Å²) >= 11 is 3.31. The summed E-state index contributed by atoms with van der Waals surface area (Å²) in [5, 5.41) is 6.89. The Balaban J connectivity index is 0. The summed E-state index contributed by atoms with van der Waals surface area (Å²) in [6, 6.07) is 4.08. The van der Waals surface area contributed by atoms with Gasteiger partial charge in [0.15, 0.2) is 0 Å². The number of aryl methyl sites for hydroxylation is 2. The maximum absolute atomic E-state index is 8.36. The topological polar surface area (TPSA) is 50.2 Å². The molecule has 0 spiro atoms. The monoisotopic (exact) mass is 275 g/mol. The Labute approximate surface area is 99.7 Å². The van der Waals surface area contributed by atoms with Crippen LogP contribution in [0.15, 0.2) is 16.7 Å². The van der Waals surface area contributed by atoms with Crippen LogP contribution in [0.4, 0.5) is 0 Å². The Bertz CT molecular complexity index is 277. The first-order valence-electron chi connectivity index (χ1n) is 4.85. The molecular formula is C11H18BrNO2. The summed E-state index contributed by atoms with van der Waals surface area (Å²) in [7, 11) is 0. The number of hydrogen-bond donors (Lipinski definition) is 1. The Kier molecular flexibility index (Phi) is 12.3. The molecule has 0 saturated heterocycles. The van der Waals surface area contributed by atoms with Crippen LogP contribution in [-0.4, -0.2) is 16.6 Å². The smallest absolute Gasteiger partial charge is 0.290 e. The molecule has 0 amide bonds. The van der Waals surface area contributed by atoms with Crippen molar-refractivity contribution in [2.24, 2.45) is 0 Å². The molecule has 15 heavy (non-hydrogen) atoms. The van der Waals surface area contributed by atoms with Gasteiger partial charge in [-0.3, -0.25) is 4.79 Å². The van der Waals surface area contributed by atoms with Gasteiger partial charge >= 0.3 is 0 Å². The van der Waals surface area contributed by atoms with E-state index in [-0.39, 0.29) is 6.47 Å². The maximum Gasteiger partial charge on any atom is 0.290 e.